The first-order chi connectivity index (χ1) is 10.4. The summed E-state index contributed by atoms with van der Waals surface area (Å²) in [6.07, 6.45) is 2.20. The van der Waals surface area contributed by atoms with E-state index in [1.807, 2.05) is 6.07 Å². The van der Waals surface area contributed by atoms with Gasteiger partial charge in [0.05, 0.1) is 17.7 Å². The van der Waals surface area contributed by atoms with Crippen LogP contribution >= 0.6 is 0 Å². The van der Waals surface area contributed by atoms with Crippen LogP contribution in [0.2, 0.25) is 0 Å². The maximum absolute atomic E-state index is 12.4. The minimum absolute atomic E-state index is 0.00185. The lowest BCUT2D eigenvalue weighted by Gasteiger charge is -2.27. The Kier molecular flexibility index (Phi) is 4.61. The molecule has 1 fully saturated rings. The van der Waals surface area contributed by atoms with Crippen LogP contribution in [0, 0.1) is 11.3 Å². The lowest BCUT2D eigenvalue weighted by molar-refractivity contribution is 0.0774. The van der Waals surface area contributed by atoms with Crippen LogP contribution in [0.1, 0.15) is 22.5 Å². The molecule has 2 rings (SSSR count). The third kappa shape index (κ3) is 3.17. The number of hydrogen-bond acceptors (Lipinski definition) is 4. The van der Waals surface area contributed by atoms with E-state index in [4.69, 9.17) is 5.26 Å². The van der Waals surface area contributed by atoms with Gasteiger partial charge < -0.3 is 14.7 Å². The van der Waals surface area contributed by atoms with Gasteiger partial charge in [-0.3, -0.25) is 9.78 Å². The van der Waals surface area contributed by atoms with Gasteiger partial charge in [0.25, 0.3) is 5.91 Å². The number of aromatic nitrogens is 1. The van der Waals surface area contributed by atoms with Crippen LogP contribution in [0.15, 0.2) is 18.3 Å². The van der Waals surface area contributed by atoms with Crippen LogP contribution in [-0.4, -0.2) is 71.9 Å². The summed E-state index contributed by atoms with van der Waals surface area (Å²) in [6, 6.07) is 4.97. The number of hydrogen-bond donors (Lipinski definition) is 0. The molecule has 3 amide bonds. The van der Waals surface area contributed by atoms with Gasteiger partial charge in [-0.25, -0.2) is 4.79 Å². The van der Waals surface area contributed by atoms with Crippen molar-refractivity contribution in [2.45, 2.75) is 12.5 Å². The highest BCUT2D eigenvalue weighted by Crippen LogP contribution is 2.17. The maximum Gasteiger partial charge on any atom is 0.319 e. The Hall–Kier alpha value is -2.62. The zero-order valence-corrected chi connectivity index (χ0v) is 13.0. The topological polar surface area (TPSA) is 80.5 Å². The zero-order chi connectivity index (χ0) is 16.3. The number of nitriles is 1. The van der Waals surface area contributed by atoms with Crippen LogP contribution in [0.3, 0.4) is 0 Å². The second-order valence-corrected chi connectivity index (χ2v) is 5.52. The first-order valence-electron chi connectivity index (χ1n) is 7.03. The van der Waals surface area contributed by atoms with Gasteiger partial charge in [-0.1, -0.05) is 0 Å². The molecular formula is C15H19N5O2. The normalized spacial score (nSPS) is 17.0. The third-order valence-electron chi connectivity index (χ3n) is 3.79. The lowest BCUT2D eigenvalue weighted by atomic mass is 10.2. The molecule has 2 heterocycles. The Labute approximate surface area is 129 Å². The van der Waals surface area contributed by atoms with Crippen molar-refractivity contribution in [2.24, 2.45) is 0 Å². The van der Waals surface area contributed by atoms with Gasteiger partial charge in [0.1, 0.15) is 5.69 Å². The Balaban J connectivity index is 2.05. The summed E-state index contributed by atoms with van der Waals surface area (Å²) in [5, 5.41) is 8.89. The smallest absolute Gasteiger partial charge is 0.319 e. The van der Waals surface area contributed by atoms with Crippen LogP contribution in [0.25, 0.3) is 0 Å². The third-order valence-corrected chi connectivity index (χ3v) is 3.79. The molecule has 0 N–H and O–H groups in total. The summed E-state index contributed by atoms with van der Waals surface area (Å²) >= 11 is 0. The van der Waals surface area contributed by atoms with Crippen LogP contribution in [0.5, 0.6) is 0 Å². The number of carbonyl (C=O) groups is 2. The molecule has 0 radical (unpaired) electrons. The minimum Gasteiger partial charge on any atom is -0.335 e. The Morgan fingerprint density at radius 1 is 1.41 bits per heavy atom. The van der Waals surface area contributed by atoms with Gasteiger partial charge in [-0.15, -0.1) is 0 Å². The lowest BCUT2D eigenvalue weighted by Crippen LogP contribution is -2.44. The predicted molar refractivity (Wildman–Crippen MR) is 80.1 cm³/mol. The highest BCUT2D eigenvalue weighted by Gasteiger charge is 2.32. The fraction of sp³-hybridized carbons (Fsp3) is 0.467. The molecule has 0 bridgehead atoms. The minimum atomic E-state index is -0.203. The first-order valence-corrected chi connectivity index (χ1v) is 7.03. The van der Waals surface area contributed by atoms with Gasteiger partial charge in [0, 0.05) is 40.4 Å². The summed E-state index contributed by atoms with van der Waals surface area (Å²) in [4.78, 5) is 33.3. The van der Waals surface area contributed by atoms with Crippen molar-refractivity contribution in [3.63, 3.8) is 0 Å². The van der Waals surface area contributed by atoms with E-state index in [1.54, 1.807) is 37.0 Å². The van der Waals surface area contributed by atoms with Crippen molar-refractivity contribution < 1.29 is 9.59 Å². The van der Waals surface area contributed by atoms with Crippen molar-refractivity contribution in [2.75, 3.05) is 34.2 Å². The van der Waals surface area contributed by atoms with Crippen molar-refractivity contribution in [1.82, 2.24) is 19.7 Å². The largest absolute Gasteiger partial charge is 0.335 e. The molecular weight excluding hydrogens is 282 g/mol. The average molecular weight is 301 g/mol. The SMILES string of the molecule is CN(C)C(=O)N(C)C1CCN(C(=O)c2cc(C#N)ccn2)C1. The standard InChI is InChI=1S/C15H19N5O2/c1-18(2)15(22)19(3)12-5-7-20(10-12)14(21)13-8-11(9-16)4-6-17-13/h4,6,8,12H,5,7,10H2,1-3H3. The number of pyridine rings is 1. The Morgan fingerprint density at radius 2 is 2.14 bits per heavy atom. The molecule has 116 valence electrons. The highest BCUT2D eigenvalue weighted by atomic mass is 16.2. The van der Waals surface area contributed by atoms with Crippen molar-refractivity contribution in [1.29, 1.82) is 5.26 Å². The van der Waals surface area contributed by atoms with E-state index in [0.29, 0.717) is 18.7 Å². The zero-order valence-electron chi connectivity index (χ0n) is 13.0. The summed E-state index contributed by atoms with van der Waals surface area (Å²) in [7, 11) is 5.15. The maximum atomic E-state index is 12.4. The van der Waals surface area contributed by atoms with Gasteiger partial charge in [0.15, 0.2) is 0 Å². The second kappa shape index (κ2) is 6.43. The molecule has 22 heavy (non-hydrogen) atoms. The molecule has 7 heteroatoms. The van der Waals surface area contributed by atoms with Gasteiger partial charge in [-0.2, -0.15) is 5.26 Å². The van der Waals surface area contributed by atoms with E-state index in [2.05, 4.69) is 4.98 Å². The van der Waals surface area contributed by atoms with Gasteiger partial charge >= 0.3 is 6.03 Å². The summed E-state index contributed by atoms with van der Waals surface area (Å²) in [6.45, 7) is 1.06. The fourth-order valence-electron chi connectivity index (χ4n) is 2.49. The quantitative estimate of drug-likeness (QED) is 0.808. The van der Waals surface area contributed by atoms with Crippen molar-refractivity contribution >= 4 is 11.9 Å². The summed E-state index contributed by atoms with van der Waals surface area (Å²) in [5.74, 6) is -0.203. The number of amides is 3. The number of rotatable bonds is 2. The molecule has 1 saturated heterocycles. The molecule has 1 aliphatic heterocycles. The van der Waals surface area contributed by atoms with Crippen LogP contribution in [-0.2, 0) is 0 Å². The van der Waals surface area contributed by atoms with Crippen molar-refractivity contribution in [3.05, 3.63) is 29.6 Å². The van der Waals surface area contributed by atoms with E-state index in [0.717, 1.165) is 6.42 Å². The van der Waals surface area contributed by atoms with Gasteiger partial charge in [0.2, 0.25) is 0 Å². The predicted octanol–water partition coefficient (Wildman–Crippen LogP) is 0.781. The van der Waals surface area contributed by atoms with E-state index in [-0.39, 0.29) is 23.7 Å². The first kappa shape index (κ1) is 15.8. The van der Waals surface area contributed by atoms with E-state index in [9.17, 15) is 9.59 Å². The number of likely N-dealkylation sites (tertiary alicyclic amines) is 1. The Bertz CT molecular complexity index is 623. The summed E-state index contributed by atoms with van der Waals surface area (Å²) < 4.78 is 0. The molecule has 0 aromatic carbocycles. The highest BCUT2D eigenvalue weighted by molar-refractivity contribution is 5.92. The number of likely N-dealkylation sites (N-methyl/N-ethyl adjacent to an activating group) is 1. The number of carbonyl (C=O) groups excluding carboxylic acids is 2. The molecule has 1 unspecified atom stereocenters. The number of nitrogens with zero attached hydrogens (tertiary/aromatic N) is 5. The van der Waals surface area contributed by atoms with E-state index >= 15 is 0 Å². The molecule has 7 nitrogen and oxygen atoms in total. The van der Waals surface area contributed by atoms with Gasteiger partial charge in [-0.05, 0) is 18.6 Å². The van der Waals surface area contributed by atoms with Crippen LogP contribution < -0.4 is 0 Å². The monoisotopic (exact) mass is 301 g/mol. The fourth-order valence-corrected chi connectivity index (χ4v) is 2.49. The summed E-state index contributed by atoms with van der Waals surface area (Å²) in [5.41, 5.74) is 0.676. The van der Waals surface area contributed by atoms with Crippen LogP contribution in [0.4, 0.5) is 4.79 Å². The molecule has 1 aromatic rings. The molecule has 1 aliphatic rings. The molecule has 1 atom stereocenters. The second-order valence-electron chi connectivity index (χ2n) is 5.52. The number of urea groups is 1. The Morgan fingerprint density at radius 3 is 2.77 bits per heavy atom. The van der Waals surface area contributed by atoms with E-state index in [1.165, 1.54) is 17.2 Å². The van der Waals surface area contributed by atoms with Crippen molar-refractivity contribution in [3.8, 4) is 6.07 Å². The molecule has 0 saturated carbocycles. The molecule has 0 spiro atoms. The molecule has 0 aliphatic carbocycles. The van der Waals surface area contributed by atoms with E-state index < -0.39 is 0 Å². The molecule has 1 aromatic heterocycles. The average Bonchev–Trinajstić information content (AvgIpc) is 3.02.